The number of rotatable bonds is 4. The third-order valence-electron chi connectivity index (χ3n) is 3.47. The Labute approximate surface area is 106 Å². The first-order chi connectivity index (χ1) is 7.58. The van der Waals surface area contributed by atoms with Crippen LogP contribution in [-0.4, -0.2) is 40.8 Å². The van der Waals surface area contributed by atoms with Crippen LogP contribution in [0.2, 0.25) is 0 Å². The Bertz CT molecular complexity index is 266. The van der Waals surface area contributed by atoms with Gasteiger partial charge in [-0.3, -0.25) is 9.69 Å². The molecular formula is C12H21BrN2O. The second-order valence-corrected chi connectivity index (χ2v) is 6.35. The molecule has 0 aromatic carbocycles. The van der Waals surface area contributed by atoms with Gasteiger partial charge in [0.15, 0.2) is 0 Å². The molecule has 1 saturated heterocycles. The Morgan fingerprint density at radius 3 is 2.62 bits per heavy atom. The smallest absolute Gasteiger partial charge is 0.234 e. The lowest BCUT2D eigenvalue weighted by Crippen LogP contribution is -2.42. The molecule has 16 heavy (non-hydrogen) atoms. The molecule has 2 aliphatic rings. The van der Waals surface area contributed by atoms with Gasteiger partial charge in [0.25, 0.3) is 0 Å². The van der Waals surface area contributed by atoms with Crippen molar-refractivity contribution in [2.24, 2.45) is 5.92 Å². The number of hydrogen-bond acceptors (Lipinski definition) is 2. The maximum Gasteiger partial charge on any atom is 0.234 e. The molecule has 2 atom stereocenters. The molecular weight excluding hydrogens is 268 g/mol. The lowest BCUT2D eigenvalue weighted by molar-refractivity contribution is -0.121. The Morgan fingerprint density at radius 2 is 2.06 bits per heavy atom. The summed E-state index contributed by atoms with van der Waals surface area (Å²) in [7, 11) is 0. The van der Waals surface area contributed by atoms with E-state index in [4.69, 9.17) is 0 Å². The van der Waals surface area contributed by atoms with Gasteiger partial charge in [0.2, 0.25) is 5.91 Å². The molecule has 92 valence electrons. The summed E-state index contributed by atoms with van der Waals surface area (Å²) < 4.78 is 0. The van der Waals surface area contributed by atoms with Gasteiger partial charge in [-0.1, -0.05) is 29.8 Å². The minimum atomic E-state index is -0.0533. The van der Waals surface area contributed by atoms with E-state index in [1.165, 1.54) is 12.8 Å². The SMILES string of the molecule is CC(C)C(Br)C(=O)NC1CCN(C2CC2)C1. The summed E-state index contributed by atoms with van der Waals surface area (Å²) in [5.74, 6) is 0.499. The summed E-state index contributed by atoms with van der Waals surface area (Å²) in [6, 6.07) is 1.19. The number of nitrogens with one attached hydrogen (secondary N) is 1. The van der Waals surface area contributed by atoms with E-state index in [1.807, 2.05) is 0 Å². The predicted molar refractivity (Wildman–Crippen MR) is 68.7 cm³/mol. The molecule has 1 saturated carbocycles. The Balaban J connectivity index is 1.75. The number of amides is 1. The van der Waals surface area contributed by atoms with Crippen LogP contribution >= 0.6 is 15.9 Å². The fourth-order valence-corrected chi connectivity index (χ4v) is 2.39. The number of nitrogens with zero attached hydrogens (tertiary/aromatic N) is 1. The van der Waals surface area contributed by atoms with E-state index in [0.29, 0.717) is 12.0 Å². The van der Waals surface area contributed by atoms with Gasteiger partial charge in [-0.05, 0) is 25.2 Å². The van der Waals surface area contributed by atoms with E-state index in [1.54, 1.807) is 0 Å². The van der Waals surface area contributed by atoms with Crippen molar-refractivity contribution in [2.45, 2.75) is 50.0 Å². The molecule has 1 amide bonds. The fourth-order valence-electron chi connectivity index (χ4n) is 2.26. The summed E-state index contributed by atoms with van der Waals surface area (Å²) in [4.78, 5) is 14.3. The highest BCUT2D eigenvalue weighted by molar-refractivity contribution is 9.10. The molecule has 1 aliphatic carbocycles. The van der Waals surface area contributed by atoms with Crippen LogP contribution in [0.4, 0.5) is 0 Å². The van der Waals surface area contributed by atoms with E-state index < -0.39 is 0 Å². The lowest BCUT2D eigenvalue weighted by atomic mass is 10.1. The van der Waals surface area contributed by atoms with Crippen LogP contribution in [0.1, 0.15) is 33.1 Å². The van der Waals surface area contributed by atoms with Gasteiger partial charge < -0.3 is 5.32 Å². The first-order valence-corrected chi connectivity index (χ1v) is 7.18. The van der Waals surface area contributed by atoms with Crippen molar-refractivity contribution in [3.63, 3.8) is 0 Å². The van der Waals surface area contributed by atoms with Gasteiger partial charge in [0.1, 0.15) is 0 Å². The van der Waals surface area contributed by atoms with Crippen LogP contribution < -0.4 is 5.32 Å². The van der Waals surface area contributed by atoms with Crippen molar-refractivity contribution >= 4 is 21.8 Å². The van der Waals surface area contributed by atoms with E-state index in [-0.39, 0.29) is 10.7 Å². The highest BCUT2D eigenvalue weighted by Crippen LogP contribution is 2.29. The zero-order valence-corrected chi connectivity index (χ0v) is 11.7. The van der Waals surface area contributed by atoms with Crippen LogP contribution in [0.25, 0.3) is 0 Å². The van der Waals surface area contributed by atoms with E-state index in [2.05, 4.69) is 40.0 Å². The zero-order chi connectivity index (χ0) is 11.7. The van der Waals surface area contributed by atoms with Crippen molar-refractivity contribution in [3.8, 4) is 0 Å². The number of alkyl halides is 1. The second kappa shape index (κ2) is 5.05. The highest BCUT2D eigenvalue weighted by atomic mass is 79.9. The van der Waals surface area contributed by atoms with Crippen molar-refractivity contribution < 1.29 is 4.79 Å². The molecule has 1 aliphatic heterocycles. The molecule has 2 rings (SSSR count). The van der Waals surface area contributed by atoms with E-state index in [0.717, 1.165) is 25.6 Å². The number of likely N-dealkylation sites (tertiary alicyclic amines) is 1. The standard InChI is InChI=1S/C12H21BrN2O/c1-8(2)11(13)12(16)14-9-5-6-15(7-9)10-3-4-10/h8-11H,3-7H2,1-2H3,(H,14,16). The number of carbonyl (C=O) groups excluding carboxylic acids is 1. The molecule has 3 nitrogen and oxygen atoms in total. The van der Waals surface area contributed by atoms with Crippen molar-refractivity contribution in [3.05, 3.63) is 0 Å². The number of halogens is 1. The number of hydrogen-bond donors (Lipinski definition) is 1. The first kappa shape index (κ1) is 12.4. The van der Waals surface area contributed by atoms with Crippen molar-refractivity contribution in [1.29, 1.82) is 0 Å². The van der Waals surface area contributed by atoms with Gasteiger partial charge in [0.05, 0.1) is 4.83 Å². The summed E-state index contributed by atoms with van der Waals surface area (Å²) in [5, 5.41) is 3.15. The minimum absolute atomic E-state index is 0.0533. The largest absolute Gasteiger partial charge is 0.351 e. The summed E-state index contributed by atoms with van der Waals surface area (Å²) >= 11 is 3.45. The van der Waals surface area contributed by atoms with Gasteiger partial charge in [-0.25, -0.2) is 0 Å². The normalized spacial score (nSPS) is 28.4. The Morgan fingerprint density at radius 1 is 1.38 bits per heavy atom. The van der Waals surface area contributed by atoms with E-state index in [9.17, 15) is 4.79 Å². The molecule has 1 heterocycles. The molecule has 0 bridgehead atoms. The lowest BCUT2D eigenvalue weighted by Gasteiger charge is -2.19. The predicted octanol–water partition coefficient (Wildman–Crippen LogP) is 1.76. The molecule has 4 heteroatoms. The zero-order valence-electron chi connectivity index (χ0n) is 10.1. The molecule has 0 aromatic rings. The summed E-state index contributed by atoms with van der Waals surface area (Å²) in [5.41, 5.74) is 0. The molecule has 0 radical (unpaired) electrons. The van der Waals surface area contributed by atoms with Gasteiger partial charge in [-0.2, -0.15) is 0 Å². The molecule has 0 aromatic heterocycles. The molecule has 0 spiro atoms. The first-order valence-electron chi connectivity index (χ1n) is 6.26. The average molecular weight is 289 g/mol. The van der Waals surface area contributed by atoms with Crippen LogP contribution in [0.5, 0.6) is 0 Å². The number of carbonyl (C=O) groups is 1. The quantitative estimate of drug-likeness (QED) is 0.800. The third-order valence-corrected chi connectivity index (χ3v) is 4.94. The van der Waals surface area contributed by atoms with Crippen LogP contribution in [-0.2, 0) is 4.79 Å². The third kappa shape index (κ3) is 2.98. The summed E-state index contributed by atoms with van der Waals surface area (Å²) in [6.45, 7) is 6.33. The van der Waals surface area contributed by atoms with Gasteiger partial charge >= 0.3 is 0 Å². The van der Waals surface area contributed by atoms with E-state index >= 15 is 0 Å². The highest BCUT2D eigenvalue weighted by Gasteiger charge is 2.35. The monoisotopic (exact) mass is 288 g/mol. The van der Waals surface area contributed by atoms with Crippen molar-refractivity contribution in [2.75, 3.05) is 13.1 Å². The van der Waals surface area contributed by atoms with Crippen LogP contribution in [0, 0.1) is 5.92 Å². The van der Waals surface area contributed by atoms with Crippen LogP contribution in [0.3, 0.4) is 0 Å². The van der Waals surface area contributed by atoms with Gasteiger partial charge in [-0.15, -0.1) is 0 Å². The van der Waals surface area contributed by atoms with Crippen LogP contribution in [0.15, 0.2) is 0 Å². The second-order valence-electron chi connectivity index (χ2n) is 5.37. The topological polar surface area (TPSA) is 32.3 Å². The fraction of sp³-hybridized carbons (Fsp3) is 0.917. The molecule has 1 N–H and O–H groups in total. The Kier molecular flexibility index (Phi) is 3.90. The summed E-state index contributed by atoms with van der Waals surface area (Å²) in [6.07, 6.45) is 3.82. The Hall–Kier alpha value is -0.0900. The molecule has 2 unspecified atom stereocenters. The average Bonchev–Trinajstić information content (AvgIpc) is 2.99. The van der Waals surface area contributed by atoms with Gasteiger partial charge in [0, 0.05) is 25.2 Å². The van der Waals surface area contributed by atoms with Crippen molar-refractivity contribution in [1.82, 2.24) is 10.2 Å². The maximum atomic E-state index is 11.9. The minimum Gasteiger partial charge on any atom is -0.351 e. The maximum absolute atomic E-state index is 11.9. The molecule has 2 fully saturated rings.